The van der Waals surface area contributed by atoms with E-state index in [9.17, 15) is 19.8 Å². The molecule has 1 aromatic carbocycles. The third-order valence-corrected chi connectivity index (χ3v) is 6.68. The predicted octanol–water partition coefficient (Wildman–Crippen LogP) is 2.25. The van der Waals surface area contributed by atoms with Crippen molar-refractivity contribution in [2.24, 2.45) is 40.6 Å². The highest BCUT2D eigenvalue weighted by molar-refractivity contribution is 9.10. The van der Waals surface area contributed by atoms with Gasteiger partial charge in [0.25, 0.3) is 11.8 Å². The lowest BCUT2D eigenvalue weighted by atomic mass is 9.63. The first-order chi connectivity index (χ1) is 12.0. The molecule has 7 heteroatoms. The fourth-order valence-electron chi connectivity index (χ4n) is 4.84. The molecule has 6 atom stereocenters. The number of aromatic hydroxyl groups is 2. The Morgan fingerprint density at radius 1 is 1.04 bits per heavy atom. The van der Waals surface area contributed by atoms with E-state index >= 15 is 0 Å². The smallest absolute Gasteiger partial charge is 0.254 e. The molecular formula is C18H15BrN2O4. The van der Waals surface area contributed by atoms with Crippen molar-refractivity contribution in [3.8, 4) is 11.5 Å². The van der Waals surface area contributed by atoms with E-state index in [1.165, 1.54) is 18.3 Å². The number of nitrogens with zero attached hydrogens (tertiary/aromatic N) is 2. The van der Waals surface area contributed by atoms with E-state index in [1.54, 1.807) is 0 Å². The number of allylic oxidation sites excluding steroid dienone is 2. The van der Waals surface area contributed by atoms with Gasteiger partial charge in [0, 0.05) is 11.6 Å². The molecule has 0 spiro atoms. The van der Waals surface area contributed by atoms with E-state index in [1.807, 2.05) is 0 Å². The Morgan fingerprint density at radius 2 is 1.64 bits per heavy atom. The summed E-state index contributed by atoms with van der Waals surface area (Å²) in [4.78, 5) is 25.6. The second-order valence-corrected chi connectivity index (χ2v) is 8.10. The SMILES string of the molecule is O=C1C2C3C=CC(C4CC34)C2C(=O)N1N=Cc1cc(Br)c(O)cc1O. The van der Waals surface area contributed by atoms with Crippen molar-refractivity contribution < 1.29 is 19.8 Å². The third-order valence-electron chi connectivity index (χ3n) is 6.05. The summed E-state index contributed by atoms with van der Waals surface area (Å²) in [5.41, 5.74) is 0.309. The zero-order valence-electron chi connectivity index (χ0n) is 13.0. The van der Waals surface area contributed by atoms with Gasteiger partial charge in [-0.2, -0.15) is 10.1 Å². The van der Waals surface area contributed by atoms with Crippen molar-refractivity contribution in [3.63, 3.8) is 0 Å². The highest BCUT2D eigenvalue weighted by atomic mass is 79.9. The van der Waals surface area contributed by atoms with Gasteiger partial charge in [-0.15, -0.1) is 0 Å². The van der Waals surface area contributed by atoms with E-state index in [-0.39, 0.29) is 47.0 Å². The van der Waals surface area contributed by atoms with Gasteiger partial charge in [-0.3, -0.25) is 9.59 Å². The zero-order valence-corrected chi connectivity index (χ0v) is 14.6. The van der Waals surface area contributed by atoms with Crippen LogP contribution in [0.5, 0.6) is 11.5 Å². The number of hydrogen-bond acceptors (Lipinski definition) is 5. The molecule has 4 aliphatic carbocycles. The number of rotatable bonds is 2. The Morgan fingerprint density at radius 3 is 2.24 bits per heavy atom. The molecule has 1 saturated heterocycles. The van der Waals surface area contributed by atoms with Crippen molar-refractivity contribution in [2.75, 3.05) is 0 Å². The summed E-state index contributed by atoms with van der Waals surface area (Å²) in [6, 6.07) is 2.66. The van der Waals surface area contributed by atoms with Crippen molar-refractivity contribution in [1.82, 2.24) is 5.01 Å². The lowest BCUT2D eigenvalue weighted by Crippen LogP contribution is -2.40. The summed E-state index contributed by atoms with van der Waals surface area (Å²) in [7, 11) is 0. The molecule has 2 N–H and O–H groups in total. The van der Waals surface area contributed by atoms with Crippen LogP contribution in [0.25, 0.3) is 0 Å². The summed E-state index contributed by atoms with van der Waals surface area (Å²) in [6.07, 6.45) is 6.62. The molecule has 1 aliphatic heterocycles. The number of imide groups is 1. The Kier molecular flexibility index (Phi) is 2.99. The molecule has 6 unspecified atom stereocenters. The first-order valence-corrected chi connectivity index (χ1v) is 9.08. The van der Waals surface area contributed by atoms with Crippen LogP contribution in [0.1, 0.15) is 12.0 Å². The second-order valence-electron chi connectivity index (χ2n) is 7.25. The van der Waals surface area contributed by atoms with Gasteiger partial charge < -0.3 is 10.2 Å². The van der Waals surface area contributed by atoms with Crippen LogP contribution in [0.15, 0.2) is 33.9 Å². The van der Waals surface area contributed by atoms with Crippen LogP contribution in [-0.2, 0) is 9.59 Å². The minimum absolute atomic E-state index is 0.101. The third kappa shape index (κ3) is 1.99. The molecule has 0 radical (unpaired) electrons. The fraction of sp³-hybridized carbons (Fsp3) is 0.389. The number of phenolic OH excluding ortho intramolecular Hbond substituents is 2. The van der Waals surface area contributed by atoms with Gasteiger partial charge in [-0.25, -0.2) is 0 Å². The van der Waals surface area contributed by atoms with Gasteiger partial charge in [0.2, 0.25) is 0 Å². The molecule has 2 bridgehead atoms. The van der Waals surface area contributed by atoms with E-state index < -0.39 is 0 Å². The molecule has 5 aliphatic rings. The Balaban J connectivity index is 1.46. The monoisotopic (exact) mass is 402 g/mol. The maximum absolute atomic E-state index is 12.8. The summed E-state index contributed by atoms with van der Waals surface area (Å²) in [6.45, 7) is 0. The summed E-state index contributed by atoms with van der Waals surface area (Å²) in [5.74, 6) is 0.0808. The van der Waals surface area contributed by atoms with Crippen LogP contribution in [0.4, 0.5) is 0 Å². The molecule has 3 fully saturated rings. The number of benzene rings is 1. The van der Waals surface area contributed by atoms with Crippen molar-refractivity contribution in [3.05, 3.63) is 34.3 Å². The first kappa shape index (κ1) is 15.1. The number of carbonyl (C=O) groups is 2. The van der Waals surface area contributed by atoms with Crippen LogP contribution in [0.3, 0.4) is 0 Å². The standard InChI is InChI=1S/C18H15BrN2O4/c19-12-3-7(13(22)5-14(12)23)6-20-21-17(24)15-8-1-2-9(11-4-10(8)11)16(15)18(21)25/h1-3,5-6,8-11,15-16,22-23H,4H2. The zero-order chi connectivity index (χ0) is 17.5. The molecule has 2 amide bonds. The largest absolute Gasteiger partial charge is 0.507 e. The van der Waals surface area contributed by atoms with Gasteiger partial charge in [0.1, 0.15) is 11.5 Å². The Hall–Kier alpha value is -2.15. The molecule has 0 aromatic heterocycles. The maximum atomic E-state index is 12.8. The molecule has 1 aromatic rings. The lowest BCUT2D eigenvalue weighted by molar-refractivity contribution is -0.140. The number of hydrazone groups is 1. The van der Waals surface area contributed by atoms with Gasteiger partial charge in [0.05, 0.1) is 22.5 Å². The quantitative estimate of drug-likeness (QED) is 0.450. The van der Waals surface area contributed by atoms with Crippen molar-refractivity contribution in [2.45, 2.75) is 6.42 Å². The van der Waals surface area contributed by atoms with E-state index in [0.29, 0.717) is 21.9 Å². The summed E-state index contributed by atoms with van der Waals surface area (Å²) in [5, 5.41) is 24.5. The summed E-state index contributed by atoms with van der Waals surface area (Å²) < 4.78 is 0.391. The molecule has 6 rings (SSSR count). The van der Waals surface area contributed by atoms with Crippen LogP contribution in [0.2, 0.25) is 0 Å². The number of phenols is 2. The van der Waals surface area contributed by atoms with Crippen LogP contribution in [-0.4, -0.2) is 33.3 Å². The maximum Gasteiger partial charge on any atom is 0.254 e. The van der Waals surface area contributed by atoms with Gasteiger partial charge >= 0.3 is 0 Å². The van der Waals surface area contributed by atoms with E-state index in [4.69, 9.17) is 0 Å². The van der Waals surface area contributed by atoms with E-state index in [0.717, 1.165) is 11.4 Å². The Bertz CT molecular complexity index is 844. The highest BCUT2D eigenvalue weighted by Gasteiger charge is 2.67. The van der Waals surface area contributed by atoms with Crippen molar-refractivity contribution in [1.29, 1.82) is 0 Å². The van der Waals surface area contributed by atoms with Crippen LogP contribution < -0.4 is 0 Å². The molecule has 2 saturated carbocycles. The number of carbonyl (C=O) groups excluding carboxylic acids is 2. The topological polar surface area (TPSA) is 90.2 Å². The molecule has 6 nitrogen and oxygen atoms in total. The van der Waals surface area contributed by atoms with Crippen LogP contribution in [0, 0.1) is 35.5 Å². The highest BCUT2D eigenvalue weighted by Crippen LogP contribution is 2.65. The van der Waals surface area contributed by atoms with E-state index in [2.05, 4.69) is 33.2 Å². The average molecular weight is 403 g/mol. The first-order valence-electron chi connectivity index (χ1n) is 8.29. The lowest BCUT2D eigenvalue weighted by Gasteiger charge is -2.37. The number of hydrogen-bond donors (Lipinski definition) is 2. The normalized spacial score (nSPS) is 37.7. The number of halogens is 1. The predicted molar refractivity (Wildman–Crippen MR) is 91.6 cm³/mol. The molecule has 128 valence electrons. The molecule has 1 heterocycles. The number of amides is 2. The second kappa shape index (κ2) is 4.94. The minimum Gasteiger partial charge on any atom is -0.507 e. The van der Waals surface area contributed by atoms with Gasteiger partial charge in [-0.1, -0.05) is 12.2 Å². The molecule has 25 heavy (non-hydrogen) atoms. The van der Waals surface area contributed by atoms with Gasteiger partial charge in [0.15, 0.2) is 0 Å². The van der Waals surface area contributed by atoms with Crippen LogP contribution >= 0.6 is 15.9 Å². The fourth-order valence-corrected chi connectivity index (χ4v) is 5.21. The van der Waals surface area contributed by atoms with Crippen molar-refractivity contribution >= 4 is 34.0 Å². The summed E-state index contributed by atoms with van der Waals surface area (Å²) >= 11 is 3.16. The van der Waals surface area contributed by atoms with Gasteiger partial charge in [-0.05, 0) is 52.1 Å². The minimum atomic E-state index is -0.288. The molecular weight excluding hydrogens is 388 g/mol. The Labute approximate surface area is 152 Å². The average Bonchev–Trinajstić information content (AvgIpc) is 3.36.